The van der Waals surface area contributed by atoms with Crippen molar-refractivity contribution < 1.29 is 25.2 Å². The Labute approximate surface area is 102 Å². The average Bonchev–Trinajstić information content (AvgIpc) is 2.16. The lowest BCUT2D eigenvalue weighted by atomic mass is 9.91. The molecule has 0 aliphatic carbocycles. The van der Waals surface area contributed by atoms with E-state index in [0.29, 0.717) is 0 Å². The monoisotopic (exact) mass is 290 g/mol. The van der Waals surface area contributed by atoms with Crippen LogP contribution in [-0.4, -0.2) is 55.7 Å². The second-order valence-corrected chi connectivity index (χ2v) is 7.13. The summed E-state index contributed by atoms with van der Waals surface area (Å²) in [4.78, 5) is 0. The Balaban J connectivity index is 4.67. The maximum atomic E-state index is 10.8. The second kappa shape index (κ2) is 6.07. The lowest BCUT2D eigenvalue weighted by molar-refractivity contribution is 0.100. The lowest BCUT2D eigenvalue weighted by Gasteiger charge is -2.29. The van der Waals surface area contributed by atoms with E-state index in [1.54, 1.807) is 0 Å². The molecule has 8 nitrogen and oxygen atoms in total. The fourth-order valence-corrected chi connectivity index (χ4v) is 1.75. The Hall–Kier alpha value is -0.260. The Morgan fingerprint density at radius 2 is 1.18 bits per heavy atom. The Morgan fingerprint density at radius 3 is 1.35 bits per heavy atom. The Kier molecular flexibility index (Phi) is 5.98. The van der Waals surface area contributed by atoms with Crippen LogP contribution in [0.4, 0.5) is 0 Å². The van der Waals surface area contributed by atoms with Gasteiger partial charge in [-0.3, -0.25) is 8.37 Å². The standard InChI is InChI=1S/C7H18N2O6S2/c1-16(10,11)14-5-7(3-8,4-9)6-15-17(2,12)13/h3-6,8-9H2,1-2H3. The van der Waals surface area contributed by atoms with E-state index in [9.17, 15) is 16.8 Å². The molecule has 0 aromatic heterocycles. The zero-order valence-electron chi connectivity index (χ0n) is 9.75. The molecule has 0 aromatic carbocycles. The van der Waals surface area contributed by atoms with Crippen LogP contribution in [0.15, 0.2) is 0 Å². The number of hydrogen-bond acceptors (Lipinski definition) is 8. The van der Waals surface area contributed by atoms with E-state index in [1.165, 1.54) is 0 Å². The van der Waals surface area contributed by atoms with Gasteiger partial charge >= 0.3 is 0 Å². The molecule has 0 saturated heterocycles. The minimum atomic E-state index is -3.65. The minimum absolute atomic E-state index is 0.0610. The van der Waals surface area contributed by atoms with Crippen molar-refractivity contribution in [3.63, 3.8) is 0 Å². The van der Waals surface area contributed by atoms with Crippen molar-refractivity contribution in [2.45, 2.75) is 0 Å². The molecule has 0 aliphatic rings. The zero-order valence-corrected chi connectivity index (χ0v) is 11.4. The number of nitrogens with two attached hydrogens (primary N) is 2. The lowest BCUT2D eigenvalue weighted by Crippen LogP contribution is -2.46. The highest BCUT2D eigenvalue weighted by Gasteiger charge is 2.31. The molecule has 10 heteroatoms. The predicted molar refractivity (Wildman–Crippen MR) is 62.1 cm³/mol. The molecule has 0 heterocycles. The highest BCUT2D eigenvalue weighted by Crippen LogP contribution is 2.17. The summed E-state index contributed by atoms with van der Waals surface area (Å²) in [6, 6.07) is 0. The average molecular weight is 290 g/mol. The van der Waals surface area contributed by atoms with Crippen LogP contribution < -0.4 is 11.5 Å². The van der Waals surface area contributed by atoms with Gasteiger partial charge in [0.05, 0.1) is 25.7 Å². The third-order valence-corrected chi connectivity index (χ3v) is 3.12. The summed E-state index contributed by atoms with van der Waals surface area (Å²) in [5.74, 6) is 0. The van der Waals surface area contributed by atoms with Crippen LogP contribution in [0.5, 0.6) is 0 Å². The van der Waals surface area contributed by atoms with Crippen LogP contribution in [0.1, 0.15) is 0 Å². The molecular weight excluding hydrogens is 272 g/mol. The smallest absolute Gasteiger partial charge is 0.264 e. The molecule has 4 N–H and O–H groups in total. The quantitative estimate of drug-likeness (QED) is 0.482. The van der Waals surface area contributed by atoms with Crippen molar-refractivity contribution in [3.8, 4) is 0 Å². The van der Waals surface area contributed by atoms with E-state index in [1.807, 2.05) is 0 Å². The summed E-state index contributed by atoms with van der Waals surface area (Å²) in [6.45, 7) is -0.772. The summed E-state index contributed by atoms with van der Waals surface area (Å²) in [5, 5.41) is 0. The van der Waals surface area contributed by atoms with Crippen LogP contribution in [-0.2, 0) is 28.6 Å². The van der Waals surface area contributed by atoms with Gasteiger partial charge in [0.2, 0.25) is 0 Å². The van der Waals surface area contributed by atoms with Crippen molar-refractivity contribution in [2.24, 2.45) is 16.9 Å². The van der Waals surface area contributed by atoms with E-state index in [0.717, 1.165) is 12.5 Å². The molecule has 0 radical (unpaired) electrons. The molecule has 0 atom stereocenters. The first-order valence-corrected chi connectivity index (χ1v) is 8.26. The van der Waals surface area contributed by atoms with Gasteiger partial charge in [-0.05, 0) is 0 Å². The summed E-state index contributed by atoms with van der Waals surface area (Å²) in [5.41, 5.74) is 9.85. The summed E-state index contributed by atoms with van der Waals surface area (Å²) >= 11 is 0. The molecule has 0 unspecified atom stereocenters. The van der Waals surface area contributed by atoms with Crippen LogP contribution in [0.3, 0.4) is 0 Å². The van der Waals surface area contributed by atoms with Crippen LogP contribution in [0, 0.1) is 5.41 Å². The summed E-state index contributed by atoms with van der Waals surface area (Å²) in [6.07, 6.45) is 1.75. The molecule has 0 fully saturated rings. The molecular formula is C7H18N2O6S2. The van der Waals surface area contributed by atoms with Gasteiger partial charge in [0.15, 0.2) is 0 Å². The SMILES string of the molecule is CS(=O)(=O)OCC(CN)(CN)COS(C)(=O)=O. The van der Waals surface area contributed by atoms with Gasteiger partial charge < -0.3 is 11.5 Å². The third kappa shape index (κ3) is 7.63. The normalized spacial score (nSPS) is 13.9. The van der Waals surface area contributed by atoms with Gasteiger partial charge in [-0.25, -0.2) is 0 Å². The van der Waals surface area contributed by atoms with E-state index >= 15 is 0 Å². The van der Waals surface area contributed by atoms with Gasteiger partial charge in [0, 0.05) is 18.5 Å². The molecule has 0 aliphatic heterocycles. The van der Waals surface area contributed by atoms with Gasteiger partial charge in [-0.1, -0.05) is 0 Å². The van der Waals surface area contributed by atoms with E-state index in [-0.39, 0.29) is 26.3 Å². The first kappa shape index (κ1) is 16.7. The fourth-order valence-electron chi connectivity index (χ4n) is 0.825. The Bertz CT molecular complexity index is 387. The van der Waals surface area contributed by atoms with Crippen molar-refractivity contribution in [1.29, 1.82) is 0 Å². The maximum Gasteiger partial charge on any atom is 0.264 e. The molecule has 0 saturated carbocycles. The molecule has 0 aromatic rings. The summed E-state index contributed by atoms with van der Waals surface area (Å²) in [7, 11) is -7.29. The Morgan fingerprint density at radius 1 is 0.882 bits per heavy atom. The van der Waals surface area contributed by atoms with Gasteiger partial charge in [-0.15, -0.1) is 0 Å². The fraction of sp³-hybridized carbons (Fsp3) is 1.00. The molecule has 0 bridgehead atoms. The molecule has 0 rings (SSSR count). The van der Waals surface area contributed by atoms with Crippen LogP contribution in [0.2, 0.25) is 0 Å². The second-order valence-electron chi connectivity index (χ2n) is 3.84. The van der Waals surface area contributed by atoms with E-state index in [2.05, 4.69) is 8.37 Å². The van der Waals surface area contributed by atoms with Crippen molar-refractivity contribution in [3.05, 3.63) is 0 Å². The molecule has 0 amide bonds. The molecule has 0 spiro atoms. The van der Waals surface area contributed by atoms with Gasteiger partial charge in [0.1, 0.15) is 0 Å². The number of rotatable bonds is 8. The van der Waals surface area contributed by atoms with Gasteiger partial charge in [-0.2, -0.15) is 16.8 Å². The highest BCUT2D eigenvalue weighted by atomic mass is 32.2. The predicted octanol–water partition coefficient (Wildman–Crippen LogP) is -2.16. The topological polar surface area (TPSA) is 139 Å². The minimum Gasteiger partial charge on any atom is -0.330 e. The van der Waals surface area contributed by atoms with Crippen LogP contribution >= 0.6 is 0 Å². The van der Waals surface area contributed by atoms with E-state index < -0.39 is 25.7 Å². The maximum absolute atomic E-state index is 10.8. The van der Waals surface area contributed by atoms with Crippen molar-refractivity contribution >= 4 is 20.2 Å². The first-order valence-electron chi connectivity index (χ1n) is 4.62. The highest BCUT2D eigenvalue weighted by molar-refractivity contribution is 7.86. The van der Waals surface area contributed by atoms with Crippen molar-refractivity contribution in [1.82, 2.24) is 0 Å². The molecule has 104 valence electrons. The van der Waals surface area contributed by atoms with Crippen LogP contribution in [0.25, 0.3) is 0 Å². The van der Waals surface area contributed by atoms with Crippen molar-refractivity contribution in [2.75, 3.05) is 38.8 Å². The number of hydrogen-bond donors (Lipinski definition) is 2. The third-order valence-electron chi connectivity index (χ3n) is 2.02. The zero-order chi connectivity index (χ0) is 13.7. The molecule has 17 heavy (non-hydrogen) atoms. The van der Waals surface area contributed by atoms with Gasteiger partial charge in [0.25, 0.3) is 20.2 Å². The largest absolute Gasteiger partial charge is 0.330 e. The van der Waals surface area contributed by atoms with E-state index in [4.69, 9.17) is 11.5 Å². The summed E-state index contributed by atoms with van der Waals surface area (Å²) < 4.78 is 52.6. The first-order chi connectivity index (χ1) is 7.54.